The molecule has 0 radical (unpaired) electrons. The standard InChI is InChI=1S/C16H16BrClN2O/c1-2-14(10-4-3-5-12(17)8-10)20-15-9-11(16(19)21)6-7-13(15)18/h3-9,14,20H,2H2,1H3,(H2,19,21). The summed E-state index contributed by atoms with van der Waals surface area (Å²) in [4.78, 5) is 11.3. The molecule has 0 aromatic heterocycles. The van der Waals surface area contributed by atoms with Crippen molar-refractivity contribution in [3.05, 3.63) is 63.1 Å². The number of nitrogens with one attached hydrogen (secondary N) is 1. The number of benzene rings is 2. The van der Waals surface area contributed by atoms with Gasteiger partial charge in [0.25, 0.3) is 0 Å². The fraction of sp³-hybridized carbons (Fsp3) is 0.188. The molecule has 5 heteroatoms. The summed E-state index contributed by atoms with van der Waals surface area (Å²) in [5.41, 5.74) is 7.60. The average Bonchev–Trinajstić information content (AvgIpc) is 2.46. The first kappa shape index (κ1) is 15.9. The van der Waals surface area contributed by atoms with E-state index >= 15 is 0 Å². The minimum Gasteiger partial charge on any atom is -0.377 e. The number of carbonyl (C=O) groups is 1. The van der Waals surface area contributed by atoms with Crippen molar-refractivity contribution in [1.29, 1.82) is 0 Å². The Bertz CT molecular complexity index is 660. The highest BCUT2D eigenvalue weighted by Gasteiger charge is 2.13. The Labute approximate surface area is 137 Å². The molecule has 0 saturated carbocycles. The third kappa shape index (κ3) is 3.99. The number of rotatable bonds is 5. The quantitative estimate of drug-likeness (QED) is 0.800. The van der Waals surface area contributed by atoms with Crippen molar-refractivity contribution in [2.24, 2.45) is 5.73 Å². The second kappa shape index (κ2) is 6.96. The molecule has 2 rings (SSSR count). The van der Waals surface area contributed by atoms with Gasteiger partial charge in [-0.1, -0.05) is 46.6 Å². The maximum atomic E-state index is 11.3. The molecular weight excluding hydrogens is 352 g/mol. The fourth-order valence-corrected chi connectivity index (χ4v) is 2.71. The van der Waals surface area contributed by atoms with Crippen LogP contribution in [-0.4, -0.2) is 5.91 Å². The molecule has 0 fully saturated rings. The second-order valence-corrected chi connectivity index (χ2v) is 6.04. The maximum Gasteiger partial charge on any atom is 0.248 e. The zero-order chi connectivity index (χ0) is 15.4. The molecule has 110 valence electrons. The van der Waals surface area contributed by atoms with Gasteiger partial charge in [-0.15, -0.1) is 0 Å². The van der Waals surface area contributed by atoms with Crippen molar-refractivity contribution in [3.8, 4) is 0 Å². The minimum atomic E-state index is -0.467. The van der Waals surface area contributed by atoms with Crippen molar-refractivity contribution >= 4 is 39.1 Å². The molecule has 0 aliphatic heterocycles. The van der Waals surface area contributed by atoms with E-state index in [2.05, 4.69) is 40.3 Å². The van der Waals surface area contributed by atoms with Crippen molar-refractivity contribution < 1.29 is 4.79 Å². The van der Waals surface area contributed by atoms with Gasteiger partial charge in [-0.05, 0) is 42.3 Å². The first-order chi connectivity index (χ1) is 10.0. The molecular formula is C16H16BrClN2O. The highest BCUT2D eigenvalue weighted by atomic mass is 79.9. The lowest BCUT2D eigenvalue weighted by Crippen LogP contribution is -2.13. The molecule has 3 N–H and O–H groups in total. The normalized spacial score (nSPS) is 12.0. The number of amides is 1. The van der Waals surface area contributed by atoms with Crippen LogP contribution in [0.1, 0.15) is 35.3 Å². The maximum absolute atomic E-state index is 11.3. The van der Waals surface area contributed by atoms with Gasteiger partial charge in [0.1, 0.15) is 0 Å². The Kier molecular flexibility index (Phi) is 5.26. The van der Waals surface area contributed by atoms with E-state index in [1.54, 1.807) is 18.2 Å². The molecule has 0 heterocycles. The van der Waals surface area contributed by atoms with Crippen LogP contribution in [0.15, 0.2) is 46.9 Å². The lowest BCUT2D eigenvalue weighted by molar-refractivity contribution is 0.100. The largest absolute Gasteiger partial charge is 0.377 e. The SMILES string of the molecule is CCC(Nc1cc(C(N)=O)ccc1Cl)c1cccc(Br)c1. The van der Waals surface area contributed by atoms with Crippen LogP contribution in [0.25, 0.3) is 0 Å². The molecule has 2 aromatic rings. The number of hydrogen-bond donors (Lipinski definition) is 2. The van der Waals surface area contributed by atoms with Crippen LogP contribution < -0.4 is 11.1 Å². The Balaban J connectivity index is 2.30. The minimum absolute atomic E-state index is 0.100. The van der Waals surface area contributed by atoms with Gasteiger partial charge in [0.2, 0.25) is 5.91 Å². The number of anilines is 1. The van der Waals surface area contributed by atoms with Crippen LogP contribution >= 0.6 is 27.5 Å². The highest BCUT2D eigenvalue weighted by Crippen LogP contribution is 2.29. The van der Waals surface area contributed by atoms with Gasteiger partial charge in [0.05, 0.1) is 16.8 Å². The van der Waals surface area contributed by atoms with Gasteiger partial charge < -0.3 is 11.1 Å². The lowest BCUT2D eigenvalue weighted by Gasteiger charge is -2.20. The monoisotopic (exact) mass is 366 g/mol. The molecule has 0 saturated heterocycles. The molecule has 21 heavy (non-hydrogen) atoms. The molecule has 2 aromatic carbocycles. The van der Waals surface area contributed by atoms with Gasteiger partial charge >= 0.3 is 0 Å². The molecule has 0 bridgehead atoms. The van der Waals surface area contributed by atoms with Crippen LogP contribution in [0.5, 0.6) is 0 Å². The Morgan fingerprint density at radius 3 is 2.71 bits per heavy atom. The highest BCUT2D eigenvalue weighted by molar-refractivity contribution is 9.10. The van der Waals surface area contributed by atoms with Crippen molar-refractivity contribution in [2.75, 3.05) is 5.32 Å². The molecule has 1 unspecified atom stereocenters. The molecule has 1 amide bonds. The first-order valence-corrected chi connectivity index (χ1v) is 7.79. The van der Waals surface area contributed by atoms with Gasteiger partial charge in [-0.3, -0.25) is 4.79 Å². The summed E-state index contributed by atoms with van der Waals surface area (Å²) in [6.45, 7) is 2.09. The lowest BCUT2D eigenvalue weighted by atomic mass is 10.0. The Morgan fingerprint density at radius 1 is 1.33 bits per heavy atom. The third-order valence-electron chi connectivity index (χ3n) is 3.24. The Morgan fingerprint density at radius 2 is 2.10 bits per heavy atom. The van der Waals surface area contributed by atoms with Crippen LogP contribution in [0.2, 0.25) is 5.02 Å². The van der Waals surface area contributed by atoms with Crippen molar-refractivity contribution in [3.63, 3.8) is 0 Å². The average molecular weight is 368 g/mol. The van der Waals surface area contributed by atoms with Gasteiger partial charge in [-0.2, -0.15) is 0 Å². The predicted octanol–water partition coefficient (Wildman–Crippen LogP) is 4.76. The summed E-state index contributed by atoms with van der Waals surface area (Å²) in [6, 6.07) is 13.2. The molecule has 0 spiro atoms. The smallest absolute Gasteiger partial charge is 0.248 e. The predicted molar refractivity (Wildman–Crippen MR) is 90.8 cm³/mol. The summed E-state index contributed by atoms with van der Waals surface area (Å²) in [5.74, 6) is -0.467. The van der Waals surface area contributed by atoms with E-state index in [1.165, 1.54) is 0 Å². The van der Waals surface area contributed by atoms with E-state index in [1.807, 2.05) is 12.1 Å². The molecule has 0 aliphatic rings. The summed E-state index contributed by atoms with van der Waals surface area (Å²) < 4.78 is 1.03. The number of hydrogen-bond acceptors (Lipinski definition) is 2. The summed E-state index contributed by atoms with van der Waals surface area (Å²) in [5, 5.41) is 3.94. The summed E-state index contributed by atoms with van der Waals surface area (Å²) in [7, 11) is 0. The summed E-state index contributed by atoms with van der Waals surface area (Å²) >= 11 is 9.67. The number of halogens is 2. The van der Waals surface area contributed by atoms with E-state index < -0.39 is 5.91 Å². The van der Waals surface area contributed by atoms with E-state index in [4.69, 9.17) is 17.3 Å². The van der Waals surface area contributed by atoms with Crippen LogP contribution in [0.4, 0.5) is 5.69 Å². The van der Waals surface area contributed by atoms with E-state index in [9.17, 15) is 4.79 Å². The number of carbonyl (C=O) groups excluding carboxylic acids is 1. The number of primary amides is 1. The summed E-state index contributed by atoms with van der Waals surface area (Å²) in [6.07, 6.45) is 0.883. The van der Waals surface area contributed by atoms with Crippen LogP contribution in [0, 0.1) is 0 Å². The topological polar surface area (TPSA) is 55.1 Å². The van der Waals surface area contributed by atoms with E-state index in [0.717, 1.165) is 16.5 Å². The Hall–Kier alpha value is -1.52. The first-order valence-electron chi connectivity index (χ1n) is 6.62. The van der Waals surface area contributed by atoms with Crippen molar-refractivity contribution in [1.82, 2.24) is 0 Å². The van der Waals surface area contributed by atoms with Gasteiger partial charge in [0.15, 0.2) is 0 Å². The third-order valence-corrected chi connectivity index (χ3v) is 4.06. The number of nitrogens with two attached hydrogens (primary N) is 1. The van der Waals surface area contributed by atoms with Crippen LogP contribution in [0.3, 0.4) is 0 Å². The molecule has 3 nitrogen and oxygen atoms in total. The zero-order valence-electron chi connectivity index (χ0n) is 11.6. The van der Waals surface area contributed by atoms with Gasteiger partial charge in [-0.25, -0.2) is 0 Å². The fourth-order valence-electron chi connectivity index (χ4n) is 2.12. The second-order valence-electron chi connectivity index (χ2n) is 4.72. The van der Waals surface area contributed by atoms with E-state index in [-0.39, 0.29) is 6.04 Å². The van der Waals surface area contributed by atoms with E-state index in [0.29, 0.717) is 16.3 Å². The zero-order valence-corrected chi connectivity index (χ0v) is 13.9. The molecule has 1 atom stereocenters. The van der Waals surface area contributed by atoms with Crippen molar-refractivity contribution in [2.45, 2.75) is 19.4 Å². The molecule has 0 aliphatic carbocycles. The van der Waals surface area contributed by atoms with Crippen LogP contribution in [-0.2, 0) is 0 Å². The van der Waals surface area contributed by atoms with Gasteiger partial charge in [0, 0.05) is 10.0 Å².